The van der Waals surface area contributed by atoms with Crippen LogP contribution in [0.25, 0.3) is 0 Å². The summed E-state index contributed by atoms with van der Waals surface area (Å²) in [7, 11) is 0. The molecule has 214 valence electrons. The Labute approximate surface area is 238 Å². The van der Waals surface area contributed by atoms with E-state index < -0.39 is 0 Å². The lowest BCUT2D eigenvalue weighted by molar-refractivity contribution is 0.0845. The van der Waals surface area contributed by atoms with Gasteiger partial charge in [-0.3, -0.25) is 9.59 Å². The predicted molar refractivity (Wildman–Crippen MR) is 160 cm³/mol. The Morgan fingerprint density at radius 3 is 2.45 bits per heavy atom. The molecule has 7 heteroatoms. The number of aryl methyl sites for hydroxylation is 2. The van der Waals surface area contributed by atoms with Crippen molar-refractivity contribution in [2.24, 2.45) is 5.92 Å². The Morgan fingerprint density at radius 2 is 1.80 bits per heavy atom. The van der Waals surface area contributed by atoms with Crippen LogP contribution in [0.3, 0.4) is 0 Å². The topological polar surface area (TPSA) is 77.7 Å². The fraction of sp³-hybridized carbons (Fsp3) is 0.576. The first kappa shape index (κ1) is 28.4. The second kappa shape index (κ2) is 12.6. The number of aromatic amines is 1. The summed E-state index contributed by atoms with van der Waals surface area (Å²) in [6.45, 7) is 12.8. The van der Waals surface area contributed by atoms with Gasteiger partial charge in [-0.15, -0.1) is 0 Å². The lowest BCUT2D eigenvalue weighted by Gasteiger charge is -2.36. The summed E-state index contributed by atoms with van der Waals surface area (Å²) in [6.07, 6.45) is 6.88. The minimum absolute atomic E-state index is 0.153. The lowest BCUT2D eigenvalue weighted by Crippen LogP contribution is -2.40. The van der Waals surface area contributed by atoms with Gasteiger partial charge in [0.1, 0.15) is 0 Å². The van der Waals surface area contributed by atoms with Crippen molar-refractivity contribution in [3.63, 3.8) is 0 Å². The standard InChI is InChI=1S/C33H44N4O3/c1-5-37(28-12-16-40-17-13-28)31-20-26(7-6-25-10-14-36(15-11-25)27-8-9-27)19-29(24(31)4)32(38)34-21-30-22(2)18-23(3)35-33(30)39/h18-20,25,27-28H,5,8-17,21H2,1-4H3,(H,34,38)(H,35,39). The van der Waals surface area contributed by atoms with Crippen LogP contribution in [-0.2, 0) is 11.3 Å². The molecule has 2 aliphatic heterocycles. The zero-order chi connectivity index (χ0) is 28.2. The van der Waals surface area contributed by atoms with E-state index >= 15 is 0 Å². The van der Waals surface area contributed by atoms with Crippen molar-refractivity contribution in [2.45, 2.75) is 84.8 Å². The number of rotatable bonds is 7. The molecule has 1 saturated carbocycles. The van der Waals surface area contributed by atoms with E-state index in [0.717, 1.165) is 92.6 Å². The Bertz CT molecular complexity index is 1340. The third kappa shape index (κ3) is 6.62. The number of pyridine rings is 1. The molecule has 1 aromatic carbocycles. The molecule has 2 N–H and O–H groups in total. The van der Waals surface area contributed by atoms with E-state index in [1.807, 2.05) is 32.9 Å². The average Bonchev–Trinajstić information content (AvgIpc) is 3.79. The van der Waals surface area contributed by atoms with Crippen LogP contribution in [0.1, 0.15) is 83.8 Å². The minimum atomic E-state index is -0.178. The van der Waals surface area contributed by atoms with Crippen molar-refractivity contribution in [3.8, 4) is 11.8 Å². The Hall–Kier alpha value is -3.08. The number of ether oxygens (including phenoxy) is 1. The maximum absolute atomic E-state index is 13.6. The zero-order valence-corrected chi connectivity index (χ0v) is 24.6. The number of amides is 1. The van der Waals surface area contributed by atoms with Crippen molar-refractivity contribution in [2.75, 3.05) is 37.7 Å². The molecule has 0 unspecified atom stereocenters. The third-order valence-electron chi connectivity index (χ3n) is 8.84. The molecule has 1 amide bonds. The molecular weight excluding hydrogens is 500 g/mol. The SMILES string of the molecule is CCN(c1cc(C#CC2CCN(C3CC3)CC2)cc(C(=O)NCc2c(C)cc(C)[nH]c2=O)c1C)C1CCOCC1. The fourth-order valence-corrected chi connectivity index (χ4v) is 6.33. The number of nitrogens with zero attached hydrogens (tertiary/aromatic N) is 2. The second-order valence-corrected chi connectivity index (χ2v) is 11.7. The summed E-state index contributed by atoms with van der Waals surface area (Å²) < 4.78 is 5.63. The van der Waals surface area contributed by atoms with E-state index in [-0.39, 0.29) is 18.0 Å². The molecule has 5 rings (SSSR count). The highest BCUT2D eigenvalue weighted by atomic mass is 16.5. The van der Waals surface area contributed by atoms with E-state index in [1.54, 1.807) is 0 Å². The first-order valence-corrected chi connectivity index (χ1v) is 15.1. The number of aromatic nitrogens is 1. The summed E-state index contributed by atoms with van der Waals surface area (Å²) in [5, 5.41) is 3.02. The van der Waals surface area contributed by atoms with Gasteiger partial charge >= 0.3 is 0 Å². The first-order chi connectivity index (χ1) is 19.3. The van der Waals surface area contributed by atoms with Crippen molar-refractivity contribution in [1.82, 2.24) is 15.2 Å². The fourth-order valence-electron chi connectivity index (χ4n) is 6.33. The van der Waals surface area contributed by atoms with Crippen LogP contribution in [-0.4, -0.2) is 60.7 Å². The summed E-state index contributed by atoms with van der Waals surface area (Å²) in [6, 6.07) is 7.23. The molecule has 2 aromatic rings. The molecule has 0 radical (unpaired) electrons. The second-order valence-electron chi connectivity index (χ2n) is 11.7. The number of nitrogens with one attached hydrogen (secondary N) is 2. The van der Waals surface area contributed by atoms with E-state index in [0.29, 0.717) is 23.1 Å². The van der Waals surface area contributed by atoms with Gasteiger partial charge in [-0.2, -0.15) is 0 Å². The van der Waals surface area contributed by atoms with Crippen LogP contribution in [0.2, 0.25) is 0 Å². The van der Waals surface area contributed by atoms with E-state index in [1.165, 1.54) is 12.8 Å². The Morgan fingerprint density at radius 1 is 1.07 bits per heavy atom. The number of anilines is 1. The smallest absolute Gasteiger partial charge is 0.253 e. The molecular formula is C33H44N4O3. The molecule has 1 aliphatic carbocycles. The van der Waals surface area contributed by atoms with Gasteiger partial charge in [-0.25, -0.2) is 0 Å². The van der Waals surface area contributed by atoms with Crippen LogP contribution in [0, 0.1) is 38.5 Å². The van der Waals surface area contributed by atoms with Crippen molar-refractivity contribution in [1.29, 1.82) is 0 Å². The third-order valence-corrected chi connectivity index (χ3v) is 8.84. The number of hydrogen-bond acceptors (Lipinski definition) is 5. The summed E-state index contributed by atoms with van der Waals surface area (Å²) in [4.78, 5) is 34.0. The van der Waals surface area contributed by atoms with Gasteiger partial charge in [0.25, 0.3) is 11.5 Å². The maximum Gasteiger partial charge on any atom is 0.253 e. The normalized spacial score (nSPS) is 18.7. The van der Waals surface area contributed by atoms with Crippen molar-refractivity contribution in [3.05, 3.63) is 62.1 Å². The lowest BCUT2D eigenvalue weighted by atomic mass is 9.95. The molecule has 40 heavy (non-hydrogen) atoms. The van der Waals surface area contributed by atoms with Gasteiger partial charge in [0, 0.05) is 72.4 Å². The van der Waals surface area contributed by atoms with Crippen LogP contribution in [0.15, 0.2) is 23.0 Å². The largest absolute Gasteiger partial charge is 0.381 e. The van der Waals surface area contributed by atoms with E-state index in [9.17, 15) is 9.59 Å². The van der Waals surface area contributed by atoms with Crippen LogP contribution in [0.5, 0.6) is 0 Å². The molecule has 3 fully saturated rings. The van der Waals surface area contributed by atoms with Gasteiger partial charge in [-0.05, 0) is 109 Å². The number of piperidine rings is 1. The number of H-pyrrole nitrogens is 1. The predicted octanol–water partition coefficient (Wildman–Crippen LogP) is 4.46. The van der Waals surface area contributed by atoms with Crippen LogP contribution < -0.4 is 15.8 Å². The molecule has 0 spiro atoms. The Kier molecular flexibility index (Phi) is 8.97. The quantitative estimate of drug-likeness (QED) is 0.504. The number of carbonyl (C=O) groups excluding carboxylic acids is 1. The number of likely N-dealkylation sites (tertiary alicyclic amines) is 1. The van der Waals surface area contributed by atoms with Crippen molar-refractivity contribution < 1.29 is 9.53 Å². The molecule has 2 saturated heterocycles. The van der Waals surface area contributed by atoms with Gasteiger partial charge < -0.3 is 24.8 Å². The molecule has 0 atom stereocenters. The number of hydrogen-bond donors (Lipinski definition) is 2. The number of benzene rings is 1. The van der Waals surface area contributed by atoms with Gasteiger partial charge in [0.2, 0.25) is 0 Å². The highest BCUT2D eigenvalue weighted by Gasteiger charge is 2.31. The summed E-state index contributed by atoms with van der Waals surface area (Å²) in [5.41, 5.74) is 5.64. The molecule has 0 bridgehead atoms. The van der Waals surface area contributed by atoms with E-state index in [2.05, 4.69) is 44.9 Å². The number of carbonyl (C=O) groups is 1. The zero-order valence-electron chi connectivity index (χ0n) is 24.6. The highest BCUT2D eigenvalue weighted by Crippen LogP contribution is 2.32. The van der Waals surface area contributed by atoms with Crippen LogP contribution >= 0.6 is 0 Å². The van der Waals surface area contributed by atoms with Crippen LogP contribution in [0.4, 0.5) is 5.69 Å². The molecule has 1 aromatic heterocycles. The highest BCUT2D eigenvalue weighted by molar-refractivity contribution is 5.97. The average molecular weight is 545 g/mol. The molecule has 3 aliphatic rings. The van der Waals surface area contributed by atoms with Gasteiger partial charge in [-0.1, -0.05) is 11.8 Å². The minimum Gasteiger partial charge on any atom is -0.381 e. The van der Waals surface area contributed by atoms with Crippen molar-refractivity contribution >= 4 is 11.6 Å². The molecule has 7 nitrogen and oxygen atoms in total. The Balaban J connectivity index is 1.41. The van der Waals surface area contributed by atoms with Gasteiger partial charge in [0.05, 0.1) is 0 Å². The summed E-state index contributed by atoms with van der Waals surface area (Å²) >= 11 is 0. The maximum atomic E-state index is 13.6. The van der Waals surface area contributed by atoms with Gasteiger partial charge in [0.15, 0.2) is 0 Å². The molecule has 3 heterocycles. The first-order valence-electron chi connectivity index (χ1n) is 15.1. The van der Waals surface area contributed by atoms with E-state index in [4.69, 9.17) is 4.74 Å². The summed E-state index contributed by atoms with van der Waals surface area (Å²) in [5.74, 6) is 7.23. The monoisotopic (exact) mass is 544 g/mol.